The Morgan fingerprint density at radius 3 is 0.466 bits per heavy atom. The fraction of sp³-hybridized carbons (Fsp3) is 0.947. The summed E-state index contributed by atoms with van der Waals surface area (Å²) in [6.45, 7) is 21.9. The lowest BCUT2D eigenvalue weighted by atomic mass is 9.95. The Morgan fingerprint density at radius 1 is 0.181 bits per heavy atom. The van der Waals surface area contributed by atoms with Crippen molar-refractivity contribution < 1.29 is 160 Å². The molecular formula is C76H146N3O34P3. The van der Waals surface area contributed by atoms with Crippen molar-refractivity contribution in [3.05, 3.63) is 24.3 Å². The highest BCUT2D eigenvalue weighted by Crippen LogP contribution is 2.81. The number of methoxy groups -OCH3 is 4. The minimum Gasteiger partial charge on any atom is -0.382 e. The summed E-state index contributed by atoms with van der Waals surface area (Å²) in [5, 5.41) is 0. The summed E-state index contributed by atoms with van der Waals surface area (Å²) < 4.78 is 216. The molecule has 1 aliphatic heterocycles. The predicted molar refractivity (Wildman–Crippen MR) is 429 cm³/mol. The topological polar surface area (TPSA) is 351 Å². The molecule has 1 heterocycles. The number of hydrogen-bond donors (Lipinski definition) is 0. The van der Waals surface area contributed by atoms with Crippen LogP contribution in [0.3, 0.4) is 0 Å². The van der Waals surface area contributed by atoms with Crippen molar-refractivity contribution in [3.8, 4) is 0 Å². The first-order chi connectivity index (χ1) is 57.5. The third kappa shape index (κ3) is 55.9. The van der Waals surface area contributed by atoms with Crippen molar-refractivity contribution >= 4 is 23.0 Å². The quantitative estimate of drug-likeness (QED) is 0.0326. The number of rotatable bonds is 94. The van der Waals surface area contributed by atoms with E-state index in [0.717, 1.165) is 25.7 Å². The van der Waals surface area contributed by atoms with Crippen LogP contribution in [0, 0.1) is 35.5 Å². The van der Waals surface area contributed by atoms with E-state index in [9.17, 15) is 0 Å². The Labute approximate surface area is 690 Å². The molecule has 0 aromatic carbocycles. The Bertz CT molecular complexity index is 2310. The van der Waals surface area contributed by atoms with Gasteiger partial charge in [-0.1, -0.05) is 24.3 Å². The van der Waals surface area contributed by atoms with Crippen LogP contribution in [-0.2, 0) is 160 Å². The third-order valence-corrected chi connectivity index (χ3v) is 26.0. The number of ether oxygens (including phenoxy) is 28. The zero-order chi connectivity index (χ0) is 81.8. The molecule has 4 aliphatic carbocycles. The molecule has 5 aliphatic rings. The van der Waals surface area contributed by atoms with Crippen LogP contribution in [0.4, 0.5) is 0 Å². The normalized spacial score (nSPS) is 21.1. The fourth-order valence-corrected chi connectivity index (χ4v) is 21.2. The molecule has 2 fully saturated rings. The van der Waals surface area contributed by atoms with Crippen molar-refractivity contribution in [2.75, 3.05) is 412 Å². The second-order valence-corrected chi connectivity index (χ2v) is 33.1. The Hall–Kier alpha value is -1.19. The highest BCUT2D eigenvalue weighted by molar-refractivity contribution is 7.78. The van der Waals surface area contributed by atoms with Crippen molar-refractivity contribution in [2.45, 2.75) is 25.7 Å². The van der Waals surface area contributed by atoms with E-state index < -0.39 is 23.0 Å². The fourth-order valence-electron chi connectivity index (χ4n) is 11.7. The van der Waals surface area contributed by atoms with Crippen LogP contribution in [0.5, 0.6) is 0 Å². The molecule has 0 spiro atoms. The van der Waals surface area contributed by atoms with E-state index in [0.29, 0.717) is 314 Å². The molecule has 0 aromatic heterocycles. The molecule has 116 heavy (non-hydrogen) atoms. The van der Waals surface area contributed by atoms with Crippen molar-refractivity contribution in [2.24, 2.45) is 49.1 Å². The van der Waals surface area contributed by atoms with Gasteiger partial charge in [-0.25, -0.2) is 0 Å². The van der Waals surface area contributed by atoms with Gasteiger partial charge in [-0.2, -0.15) is 0 Å². The summed E-state index contributed by atoms with van der Waals surface area (Å²) in [5.41, 5.74) is 0. The lowest BCUT2D eigenvalue weighted by molar-refractivity contribution is -0.0206. The van der Waals surface area contributed by atoms with Gasteiger partial charge in [0.05, 0.1) is 383 Å². The van der Waals surface area contributed by atoms with Gasteiger partial charge in [-0.3, -0.25) is 0 Å². The Balaban J connectivity index is 1.24. The molecule has 2 unspecified atom stereocenters. The van der Waals surface area contributed by atoms with Gasteiger partial charge in [0.2, 0.25) is 0 Å². The zero-order valence-corrected chi connectivity index (χ0v) is 72.9. The second kappa shape index (κ2) is 76.3. The highest BCUT2D eigenvalue weighted by atomic mass is 31.3. The molecule has 40 heteroatoms. The number of allylic oxidation sites excluding steroid dienone is 4. The second-order valence-electron chi connectivity index (χ2n) is 26.4. The number of hydrogen-bond acceptors (Lipinski definition) is 37. The van der Waals surface area contributed by atoms with Crippen LogP contribution in [0.1, 0.15) is 25.7 Å². The van der Waals surface area contributed by atoms with Crippen LogP contribution in [0.25, 0.3) is 0 Å². The van der Waals surface area contributed by atoms with Crippen molar-refractivity contribution in [3.63, 3.8) is 0 Å². The maximum Gasteiger partial charge on any atom is 0.349 e. The molecule has 37 nitrogen and oxygen atoms in total. The third-order valence-electron chi connectivity index (χ3n) is 17.5. The van der Waals surface area contributed by atoms with E-state index in [4.69, 9.17) is 173 Å². The lowest BCUT2D eigenvalue weighted by Crippen LogP contribution is -2.18. The molecular weight excluding hydrogens is 1590 g/mol. The van der Waals surface area contributed by atoms with Gasteiger partial charge < -0.3 is 160 Å². The maximum atomic E-state index is 7.17. The molecule has 4 bridgehead atoms. The zero-order valence-electron chi connectivity index (χ0n) is 70.2. The summed E-state index contributed by atoms with van der Waals surface area (Å²) in [5.74, 6) is 1.90. The first-order valence-electron chi connectivity index (χ1n) is 41.4. The van der Waals surface area contributed by atoms with Crippen LogP contribution >= 0.6 is 23.0 Å². The molecule has 684 valence electrons. The molecule has 0 N–H and O–H groups in total. The Morgan fingerprint density at radius 2 is 0.328 bits per heavy atom. The van der Waals surface area contributed by atoms with Gasteiger partial charge in [0.15, 0.2) is 0 Å². The van der Waals surface area contributed by atoms with E-state index >= 15 is 0 Å². The van der Waals surface area contributed by atoms with E-state index in [2.05, 4.69) is 24.3 Å². The van der Waals surface area contributed by atoms with Crippen LogP contribution in [0.15, 0.2) is 37.9 Å². The van der Waals surface area contributed by atoms with E-state index in [1.54, 1.807) is 28.4 Å². The average molecular weight is 1740 g/mol. The van der Waals surface area contributed by atoms with Gasteiger partial charge in [-0.15, -0.1) is 13.5 Å². The Kier molecular flexibility index (Phi) is 69.3. The highest BCUT2D eigenvalue weighted by Gasteiger charge is 2.46. The monoisotopic (exact) mass is 1740 g/mol. The van der Waals surface area contributed by atoms with Gasteiger partial charge in [0, 0.05) is 28.4 Å². The predicted octanol–water partition coefficient (Wildman–Crippen LogP) is 7.35. The molecule has 0 saturated heterocycles. The van der Waals surface area contributed by atoms with Crippen molar-refractivity contribution in [1.82, 2.24) is 0 Å². The van der Waals surface area contributed by atoms with E-state index in [1.165, 1.54) is 0 Å². The molecule has 5 rings (SSSR count). The SMILES string of the molecule is COCCOCCOCCOCCOCCOCCOCCOP1(OCCOCCOCCOCCOCCOCCOCCOC)=NP(OCCOCCOCCOCCOCCOCCOCCOC)(OC[C@@H]2C[C@@H]3C=C[C@H]2C3)=NP(OCCOCCOCCOCCOCCOCCOCCOC)(OC[C@@H]2C[C@@H]3C=C[C@H]2C3)=N1. The summed E-state index contributed by atoms with van der Waals surface area (Å²) in [7, 11) is -5.14. The molecule has 0 aromatic rings. The molecule has 2 saturated carbocycles. The number of fused-ring (bicyclic) bond motifs is 4. The largest absolute Gasteiger partial charge is 0.382 e. The minimum absolute atomic E-state index is 0.0104. The van der Waals surface area contributed by atoms with Crippen LogP contribution in [-0.4, -0.2) is 412 Å². The number of nitrogens with zero attached hydrogens (tertiary/aromatic N) is 3. The van der Waals surface area contributed by atoms with Crippen LogP contribution in [0.2, 0.25) is 0 Å². The summed E-state index contributed by atoms with van der Waals surface area (Å²) >= 11 is 0. The first kappa shape index (κ1) is 105. The lowest BCUT2D eigenvalue weighted by Gasteiger charge is -2.34. The molecule has 0 radical (unpaired) electrons. The smallest absolute Gasteiger partial charge is 0.349 e. The summed E-state index contributed by atoms with van der Waals surface area (Å²) in [6, 6.07) is 0. The first-order valence-corrected chi connectivity index (χ1v) is 46.0. The molecule has 8 atom stereocenters. The van der Waals surface area contributed by atoms with Gasteiger partial charge in [-0.05, 0) is 61.2 Å². The van der Waals surface area contributed by atoms with Crippen LogP contribution < -0.4 is 0 Å². The van der Waals surface area contributed by atoms with Gasteiger partial charge in [0.1, 0.15) is 0 Å². The minimum atomic E-state index is -3.93. The van der Waals surface area contributed by atoms with Gasteiger partial charge >= 0.3 is 23.0 Å². The average Bonchev–Trinajstić information content (AvgIpc) is 1.12. The van der Waals surface area contributed by atoms with E-state index in [1.807, 2.05) is 0 Å². The summed E-state index contributed by atoms with van der Waals surface area (Å²) in [6.07, 6.45) is 13.2. The standard InChI is InChI=1S/C76H146N3O34P3/c1-80-9-13-84-17-21-88-25-29-92-33-37-96-41-45-100-49-53-104-57-61-108-114(109-62-58-105-54-50-101-46-42-97-38-34-93-30-26-89-22-18-85-14-10-81-2)77-115(112-69-75-67-71-5-7-73(75)65-71,110-63-59-106-55-51-102-47-43-98-39-35-94-31-27-90-23-19-86-15-11-82-3)79-116(78-114,113-70-76-68-72-6-8-74(76)66-72)111-64-60-107-56-52-103-48-44-99-40-36-95-32-28-91-24-20-87-16-12-83-4/h5-8,71-76H,9-70H2,1-4H3/t71-,72-,73+,74+,75+,76+,115?,116?/m1/s1. The maximum absolute atomic E-state index is 7.17. The van der Waals surface area contributed by atoms with Gasteiger partial charge in [0.25, 0.3) is 0 Å². The van der Waals surface area contributed by atoms with E-state index in [-0.39, 0.29) is 104 Å². The summed E-state index contributed by atoms with van der Waals surface area (Å²) in [4.78, 5) is 0. The molecule has 0 amide bonds. The van der Waals surface area contributed by atoms with Crippen molar-refractivity contribution in [1.29, 1.82) is 0 Å².